The first-order chi connectivity index (χ1) is 8.02. The van der Waals surface area contributed by atoms with Crippen molar-refractivity contribution in [3.63, 3.8) is 0 Å². The number of hydrogen-bond donors (Lipinski definition) is 1. The van der Waals surface area contributed by atoms with Crippen molar-refractivity contribution in [2.24, 2.45) is 0 Å². The van der Waals surface area contributed by atoms with Crippen LogP contribution in [-0.2, 0) is 9.84 Å². The van der Waals surface area contributed by atoms with E-state index >= 15 is 0 Å². The van der Waals surface area contributed by atoms with Crippen molar-refractivity contribution >= 4 is 27.1 Å². The Bertz CT molecular complexity index is 520. The maximum atomic E-state index is 11.9. The van der Waals surface area contributed by atoms with Crippen molar-refractivity contribution in [3.8, 4) is 5.75 Å². The molecule has 0 spiro atoms. The normalized spacial score (nSPS) is 22.3. The van der Waals surface area contributed by atoms with Crippen LogP contribution in [0.3, 0.4) is 0 Å². The van der Waals surface area contributed by atoms with Gasteiger partial charge in [0.05, 0.1) is 18.6 Å². The van der Waals surface area contributed by atoms with E-state index < -0.39 is 9.84 Å². The van der Waals surface area contributed by atoms with Crippen molar-refractivity contribution in [2.75, 3.05) is 18.6 Å². The molecule has 1 aliphatic heterocycles. The van der Waals surface area contributed by atoms with E-state index in [0.717, 1.165) is 0 Å². The monoisotopic (exact) mass is 275 g/mol. The molecule has 0 saturated carbocycles. The summed E-state index contributed by atoms with van der Waals surface area (Å²) in [5, 5.41) is 4.49. The maximum absolute atomic E-state index is 11.9. The highest BCUT2D eigenvalue weighted by atomic mass is 32.2. The molecular weight excluding hydrogens is 262 g/mol. The standard InChI is InChI=1S/C10H13NO4S2/c1-15-8-2-4-16-9(8)10(12)11-7-3-5-17(13,14)6-7/h2,4,7H,3,5-6H2,1H3,(H,11,12). The van der Waals surface area contributed by atoms with Crippen LogP contribution in [0.2, 0.25) is 0 Å². The summed E-state index contributed by atoms with van der Waals surface area (Å²) in [6, 6.07) is 1.43. The summed E-state index contributed by atoms with van der Waals surface area (Å²) < 4.78 is 27.6. The van der Waals surface area contributed by atoms with Crippen LogP contribution in [0, 0.1) is 0 Å². The van der Waals surface area contributed by atoms with Gasteiger partial charge in [0, 0.05) is 6.04 Å². The number of hydrogen-bond acceptors (Lipinski definition) is 5. The fraction of sp³-hybridized carbons (Fsp3) is 0.500. The molecule has 0 bridgehead atoms. The molecule has 2 heterocycles. The first-order valence-corrected chi connectivity index (χ1v) is 7.85. The number of methoxy groups -OCH3 is 1. The van der Waals surface area contributed by atoms with Crippen molar-refractivity contribution in [2.45, 2.75) is 12.5 Å². The Labute approximate surface area is 104 Å². The zero-order valence-electron chi connectivity index (χ0n) is 9.30. The topological polar surface area (TPSA) is 72.5 Å². The van der Waals surface area contributed by atoms with Gasteiger partial charge in [-0.1, -0.05) is 0 Å². The summed E-state index contributed by atoms with van der Waals surface area (Å²) in [6.07, 6.45) is 0.488. The van der Waals surface area contributed by atoms with Crippen molar-refractivity contribution in [1.29, 1.82) is 0 Å². The predicted octanol–water partition coefficient (Wildman–Crippen LogP) is 0.674. The number of amides is 1. The average molecular weight is 275 g/mol. The minimum absolute atomic E-state index is 0.0342. The Kier molecular flexibility index (Phi) is 3.39. The number of carbonyl (C=O) groups excluding carboxylic acids is 1. The van der Waals surface area contributed by atoms with Crippen LogP contribution >= 0.6 is 11.3 Å². The first kappa shape index (κ1) is 12.4. The van der Waals surface area contributed by atoms with Crippen LogP contribution in [0.15, 0.2) is 11.4 Å². The molecule has 1 unspecified atom stereocenters. The van der Waals surface area contributed by atoms with E-state index in [9.17, 15) is 13.2 Å². The summed E-state index contributed by atoms with van der Waals surface area (Å²) in [4.78, 5) is 12.4. The molecule has 17 heavy (non-hydrogen) atoms. The summed E-state index contributed by atoms with van der Waals surface area (Å²) in [5.41, 5.74) is 0. The molecule has 1 amide bonds. The molecule has 1 aliphatic rings. The Morgan fingerprint density at radius 3 is 2.94 bits per heavy atom. The average Bonchev–Trinajstić information content (AvgIpc) is 2.84. The molecular formula is C10H13NO4S2. The van der Waals surface area contributed by atoms with Crippen molar-refractivity contribution in [1.82, 2.24) is 5.32 Å². The molecule has 7 heteroatoms. The fourth-order valence-electron chi connectivity index (χ4n) is 1.78. The number of ether oxygens (including phenoxy) is 1. The minimum atomic E-state index is -2.97. The first-order valence-electron chi connectivity index (χ1n) is 5.14. The molecule has 1 aromatic heterocycles. The van der Waals surface area contributed by atoms with Gasteiger partial charge in [0.1, 0.15) is 10.6 Å². The Morgan fingerprint density at radius 1 is 1.59 bits per heavy atom. The van der Waals surface area contributed by atoms with Gasteiger partial charge in [-0.3, -0.25) is 4.79 Å². The minimum Gasteiger partial charge on any atom is -0.495 e. The SMILES string of the molecule is COc1ccsc1C(=O)NC1CCS(=O)(=O)C1. The maximum Gasteiger partial charge on any atom is 0.265 e. The summed E-state index contributed by atoms with van der Waals surface area (Å²) in [5.74, 6) is 0.443. The third kappa shape index (κ3) is 2.78. The van der Waals surface area contributed by atoms with Gasteiger partial charge in [-0.25, -0.2) is 8.42 Å². The number of sulfone groups is 1. The Balaban J connectivity index is 2.03. The van der Waals surface area contributed by atoms with Crippen LogP contribution in [0.5, 0.6) is 5.75 Å². The van der Waals surface area contributed by atoms with Gasteiger partial charge in [0.25, 0.3) is 5.91 Å². The van der Waals surface area contributed by atoms with Gasteiger partial charge in [0.2, 0.25) is 0 Å². The number of carbonyl (C=O) groups is 1. The lowest BCUT2D eigenvalue weighted by Gasteiger charge is -2.10. The van der Waals surface area contributed by atoms with E-state index in [2.05, 4.69) is 5.32 Å². The molecule has 0 radical (unpaired) electrons. The third-order valence-electron chi connectivity index (χ3n) is 2.62. The van der Waals surface area contributed by atoms with Gasteiger partial charge in [-0.15, -0.1) is 11.3 Å². The fourth-order valence-corrected chi connectivity index (χ4v) is 4.22. The van der Waals surface area contributed by atoms with Gasteiger partial charge in [-0.2, -0.15) is 0 Å². The summed E-state index contributed by atoms with van der Waals surface area (Å²) in [7, 11) is -1.47. The predicted molar refractivity (Wildman–Crippen MR) is 65.4 cm³/mol. The Morgan fingerprint density at radius 2 is 2.35 bits per heavy atom. The Hall–Kier alpha value is -1.08. The third-order valence-corrected chi connectivity index (χ3v) is 5.29. The molecule has 1 fully saturated rings. The lowest BCUT2D eigenvalue weighted by atomic mass is 10.2. The van der Waals surface area contributed by atoms with Crippen molar-refractivity contribution < 1.29 is 17.9 Å². The quantitative estimate of drug-likeness (QED) is 0.880. The van der Waals surface area contributed by atoms with E-state index in [1.54, 1.807) is 11.4 Å². The second-order valence-corrected chi connectivity index (χ2v) is 7.04. The van der Waals surface area contributed by atoms with Gasteiger partial charge >= 0.3 is 0 Å². The van der Waals surface area contributed by atoms with Gasteiger partial charge in [0.15, 0.2) is 9.84 Å². The highest BCUT2D eigenvalue weighted by Gasteiger charge is 2.29. The van der Waals surface area contributed by atoms with E-state index in [1.807, 2.05) is 0 Å². The molecule has 5 nitrogen and oxygen atoms in total. The zero-order chi connectivity index (χ0) is 12.5. The van der Waals surface area contributed by atoms with Crippen molar-refractivity contribution in [3.05, 3.63) is 16.3 Å². The van der Waals surface area contributed by atoms with E-state index in [1.165, 1.54) is 18.4 Å². The lowest BCUT2D eigenvalue weighted by molar-refractivity contribution is 0.0942. The molecule has 1 aromatic rings. The van der Waals surface area contributed by atoms with E-state index in [0.29, 0.717) is 17.0 Å². The number of rotatable bonds is 3. The second kappa shape index (κ2) is 4.66. The van der Waals surface area contributed by atoms with Gasteiger partial charge < -0.3 is 10.1 Å². The van der Waals surface area contributed by atoms with Crippen LogP contribution in [0.25, 0.3) is 0 Å². The number of thiophene rings is 1. The van der Waals surface area contributed by atoms with Crippen LogP contribution in [-0.4, -0.2) is 39.0 Å². The second-order valence-electron chi connectivity index (χ2n) is 3.89. The smallest absolute Gasteiger partial charge is 0.265 e. The van der Waals surface area contributed by atoms with Crippen LogP contribution < -0.4 is 10.1 Å². The number of nitrogens with one attached hydrogen (secondary N) is 1. The van der Waals surface area contributed by atoms with Crippen LogP contribution in [0.1, 0.15) is 16.1 Å². The molecule has 0 aliphatic carbocycles. The lowest BCUT2D eigenvalue weighted by Crippen LogP contribution is -2.35. The summed E-state index contributed by atoms with van der Waals surface area (Å²) >= 11 is 1.28. The molecule has 1 saturated heterocycles. The summed E-state index contributed by atoms with van der Waals surface area (Å²) in [6.45, 7) is 0. The molecule has 2 rings (SSSR count). The van der Waals surface area contributed by atoms with Gasteiger partial charge in [-0.05, 0) is 17.9 Å². The molecule has 1 atom stereocenters. The highest BCUT2D eigenvalue weighted by Crippen LogP contribution is 2.24. The molecule has 0 aromatic carbocycles. The largest absolute Gasteiger partial charge is 0.495 e. The zero-order valence-corrected chi connectivity index (χ0v) is 10.9. The molecule has 94 valence electrons. The van der Waals surface area contributed by atoms with E-state index in [-0.39, 0.29) is 23.5 Å². The highest BCUT2D eigenvalue weighted by molar-refractivity contribution is 7.91. The van der Waals surface area contributed by atoms with E-state index in [4.69, 9.17) is 4.74 Å². The van der Waals surface area contributed by atoms with Crippen LogP contribution in [0.4, 0.5) is 0 Å². The molecule has 1 N–H and O–H groups in total.